The molecule has 0 radical (unpaired) electrons. The molecule has 0 aromatic heterocycles. The molecule has 0 heterocycles. The lowest BCUT2D eigenvalue weighted by atomic mass is 9.80. The summed E-state index contributed by atoms with van der Waals surface area (Å²) >= 11 is 6.10. The molecule has 3 heteroatoms. The van der Waals surface area contributed by atoms with Gasteiger partial charge in [-0.3, -0.25) is 0 Å². The molecule has 2 unspecified atom stereocenters. The number of nitrogens with one attached hydrogen (secondary N) is 1. The van der Waals surface area contributed by atoms with E-state index in [4.69, 9.17) is 11.6 Å². The fraction of sp³-hybridized carbons (Fsp3) is 0.600. The first-order valence-corrected chi connectivity index (χ1v) is 7.13. The molecule has 0 spiro atoms. The average molecular weight is 268 g/mol. The molecule has 0 bridgehead atoms. The van der Waals surface area contributed by atoms with Crippen molar-refractivity contribution in [1.29, 1.82) is 0 Å². The van der Waals surface area contributed by atoms with E-state index < -0.39 is 0 Å². The standard InChI is InChI=1S/C15H22ClNO/c1-10-6-11(2)8-12(7-10)17-9-13-14(16)4-3-5-15(13)18/h3-5,10-12,17-18H,6-9H2,1-2H3. The van der Waals surface area contributed by atoms with Crippen molar-refractivity contribution in [2.75, 3.05) is 0 Å². The van der Waals surface area contributed by atoms with Crippen molar-refractivity contribution in [3.8, 4) is 5.75 Å². The van der Waals surface area contributed by atoms with E-state index >= 15 is 0 Å². The topological polar surface area (TPSA) is 32.3 Å². The van der Waals surface area contributed by atoms with Crippen LogP contribution in [0.4, 0.5) is 0 Å². The van der Waals surface area contributed by atoms with Crippen molar-refractivity contribution in [3.05, 3.63) is 28.8 Å². The van der Waals surface area contributed by atoms with Crippen LogP contribution in [0.2, 0.25) is 5.02 Å². The number of aromatic hydroxyl groups is 1. The molecule has 2 atom stereocenters. The molecule has 1 aromatic carbocycles. The first kappa shape index (κ1) is 13.7. The maximum Gasteiger partial charge on any atom is 0.121 e. The minimum Gasteiger partial charge on any atom is -0.508 e. The Morgan fingerprint density at radius 2 is 1.89 bits per heavy atom. The Hall–Kier alpha value is -0.730. The van der Waals surface area contributed by atoms with Crippen molar-refractivity contribution in [2.45, 2.75) is 45.7 Å². The van der Waals surface area contributed by atoms with Gasteiger partial charge in [-0.2, -0.15) is 0 Å². The third-order valence-corrected chi connectivity index (χ3v) is 4.19. The number of phenolic OH excluding ortho intramolecular Hbond substituents is 1. The predicted octanol–water partition coefficient (Wildman–Crippen LogP) is 3.96. The number of rotatable bonds is 3. The first-order valence-electron chi connectivity index (χ1n) is 6.76. The summed E-state index contributed by atoms with van der Waals surface area (Å²) < 4.78 is 0. The van der Waals surface area contributed by atoms with Gasteiger partial charge in [-0.15, -0.1) is 0 Å². The van der Waals surface area contributed by atoms with Gasteiger partial charge in [-0.05, 0) is 43.2 Å². The highest BCUT2D eigenvalue weighted by molar-refractivity contribution is 6.31. The van der Waals surface area contributed by atoms with Crippen LogP contribution in [0.5, 0.6) is 5.75 Å². The minimum atomic E-state index is 0.284. The fourth-order valence-electron chi connectivity index (χ4n) is 3.08. The van der Waals surface area contributed by atoms with Gasteiger partial charge in [0.2, 0.25) is 0 Å². The largest absolute Gasteiger partial charge is 0.508 e. The summed E-state index contributed by atoms with van der Waals surface area (Å²) in [5, 5.41) is 14.0. The second-order valence-corrected chi connectivity index (χ2v) is 6.14. The van der Waals surface area contributed by atoms with Gasteiger partial charge in [-0.1, -0.05) is 31.5 Å². The lowest BCUT2D eigenvalue weighted by Crippen LogP contribution is -2.35. The predicted molar refractivity (Wildman–Crippen MR) is 75.9 cm³/mol. The molecule has 18 heavy (non-hydrogen) atoms. The fourth-order valence-corrected chi connectivity index (χ4v) is 3.32. The molecule has 1 saturated carbocycles. The summed E-state index contributed by atoms with van der Waals surface area (Å²) in [6.45, 7) is 5.28. The summed E-state index contributed by atoms with van der Waals surface area (Å²) in [7, 11) is 0. The number of phenols is 1. The SMILES string of the molecule is CC1CC(C)CC(NCc2c(O)cccc2Cl)C1. The number of benzene rings is 1. The second kappa shape index (κ2) is 5.94. The zero-order valence-corrected chi connectivity index (χ0v) is 11.9. The Kier molecular flexibility index (Phi) is 4.52. The number of halogens is 1. The highest BCUT2D eigenvalue weighted by Crippen LogP contribution is 2.30. The van der Waals surface area contributed by atoms with Gasteiger partial charge in [0.25, 0.3) is 0 Å². The monoisotopic (exact) mass is 267 g/mol. The van der Waals surface area contributed by atoms with Crippen LogP contribution < -0.4 is 5.32 Å². The van der Waals surface area contributed by atoms with Gasteiger partial charge in [-0.25, -0.2) is 0 Å². The van der Waals surface area contributed by atoms with E-state index in [2.05, 4.69) is 19.2 Å². The molecule has 2 rings (SSSR count). The van der Waals surface area contributed by atoms with Crippen LogP contribution in [0.1, 0.15) is 38.7 Å². The van der Waals surface area contributed by atoms with Crippen LogP contribution in [0, 0.1) is 11.8 Å². The summed E-state index contributed by atoms with van der Waals surface area (Å²) in [4.78, 5) is 0. The van der Waals surface area contributed by atoms with Gasteiger partial charge in [0.05, 0.1) is 0 Å². The molecule has 1 fully saturated rings. The maximum atomic E-state index is 9.80. The highest BCUT2D eigenvalue weighted by Gasteiger charge is 2.23. The van der Waals surface area contributed by atoms with Crippen LogP contribution in [-0.4, -0.2) is 11.1 Å². The van der Waals surface area contributed by atoms with Crippen LogP contribution in [0.3, 0.4) is 0 Å². The van der Waals surface area contributed by atoms with Gasteiger partial charge in [0.1, 0.15) is 5.75 Å². The van der Waals surface area contributed by atoms with Crippen molar-refractivity contribution >= 4 is 11.6 Å². The van der Waals surface area contributed by atoms with Gasteiger partial charge in [0.15, 0.2) is 0 Å². The van der Waals surface area contributed by atoms with Gasteiger partial charge < -0.3 is 10.4 Å². The van der Waals surface area contributed by atoms with E-state index in [1.54, 1.807) is 12.1 Å². The number of hydrogen-bond acceptors (Lipinski definition) is 2. The van der Waals surface area contributed by atoms with Crippen molar-refractivity contribution in [2.24, 2.45) is 11.8 Å². The van der Waals surface area contributed by atoms with Crippen LogP contribution in [-0.2, 0) is 6.54 Å². The summed E-state index contributed by atoms with van der Waals surface area (Å²) in [6.07, 6.45) is 3.76. The van der Waals surface area contributed by atoms with E-state index in [-0.39, 0.29) is 5.75 Å². The summed E-state index contributed by atoms with van der Waals surface area (Å²) in [5.74, 6) is 1.85. The molecular weight excluding hydrogens is 246 g/mol. The Labute approximate surface area is 114 Å². The lowest BCUT2D eigenvalue weighted by molar-refractivity contribution is 0.238. The third-order valence-electron chi connectivity index (χ3n) is 3.84. The van der Waals surface area contributed by atoms with E-state index in [0.717, 1.165) is 17.4 Å². The molecular formula is C15H22ClNO. The van der Waals surface area contributed by atoms with E-state index in [1.165, 1.54) is 19.3 Å². The molecule has 0 saturated heterocycles. The minimum absolute atomic E-state index is 0.284. The van der Waals surface area contributed by atoms with Crippen molar-refractivity contribution in [1.82, 2.24) is 5.32 Å². The normalized spacial score (nSPS) is 28.3. The molecule has 1 aliphatic carbocycles. The zero-order chi connectivity index (χ0) is 13.1. The Morgan fingerprint density at radius 1 is 1.22 bits per heavy atom. The van der Waals surface area contributed by atoms with E-state index in [9.17, 15) is 5.11 Å². The molecule has 100 valence electrons. The Morgan fingerprint density at radius 3 is 2.50 bits per heavy atom. The summed E-state index contributed by atoms with van der Waals surface area (Å²) in [6, 6.07) is 5.82. The van der Waals surface area contributed by atoms with Crippen molar-refractivity contribution < 1.29 is 5.11 Å². The van der Waals surface area contributed by atoms with Crippen LogP contribution in [0.25, 0.3) is 0 Å². The lowest BCUT2D eigenvalue weighted by Gasteiger charge is -2.32. The Bertz CT molecular complexity index is 377. The smallest absolute Gasteiger partial charge is 0.121 e. The average Bonchev–Trinajstić information content (AvgIpc) is 2.27. The van der Waals surface area contributed by atoms with Crippen LogP contribution >= 0.6 is 11.6 Å². The highest BCUT2D eigenvalue weighted by atomic mass is 35.5. The molecule has 1 aliphatic rings. The van der Waals surface area contributed by atoms with Crippen molar-refractivity contribution in [3.63, 3.8) is 0 Å². The third kappa shape index (κ3) is 3.39. The second-order valence-electron chi connectivity index (χ2n) is 5.73. The molecule has 2 nitrogen and oxygen atoms in total. The molecule has 1 aromatic rings. The quantitative estimate of drug-likeness (QED) is 0.869. The molecule has 0 aliphatic heterocycles. The zero-order valence-electron chi connectivity index (χ0n) is 11.1. The number of hydrogen-bond donors (Lipinski definition) is 2. The van der Waals surface area contributed by atoms with Gasteiger partial charge >= 0.3 is 0 Å². The maximum absolute atomic E-state index is 9.80. The van der Waals surface area contributed by atoms with Gasteiger partial charge in [0, 0.05) is 23.2 Å². The van der Waals surface area contributed by atoms with E-state index in [1.807, 2.05) is 6.07 Å². The molecule has 0 amide bonds. The summed E-state index contributed by atoms with van der Waals surface area (Å²) in [5.41, 5.74) is 0.810. The Balaban J connectivity index is 1.95. The van der Waals surface area contributed by atoms with E-state index in [0.29, 0.717) is 17.6 Å². The first-order chi connectivity index (χ1) is 8.56. The van der Waals surface area contributed by atoms with Crippen LogP contribution in [0.15, 0.2) is 18.2 Å². The molecule has 2 N–H and O–H groups in total.